The summed E-state index contributed by atoms with van der Waals surface area (Å²) in [7, 11) is 0. The summed E-state index contributed by atoms with van der Waals surface area (Å²) in [5, 5.41) is 28.5. The molecule has 0 aromatic heterocycles. The molecule has 2 atom stereocenters. The van der Waals surface area contributed by atoms with Gasteiger partial charge < -0.3 is 10.2 Å². The molecule has 0 aliphatic heterocycles. The number of rotatable bonds is 3. The second kappa shape index (κ2) is 3.76. The Morgan fingerprint density at radius 3 is 2.44 bits per heavy atom. The molecule has 1 aliphatic carbocycles. The molecule has 0 saturated carbocycles. The van der Waals surface area contributed by atoms with Gasteiger partial charge in [0.15, 0.2) is 5.92 Å². The van der Waals surface area contributed by atoms with Crippen LogP contribution in [0.25, 0.3) is 0 Å². The Hall–Kier alpha value is -2.18. The van der Waals surface area contributed by atoms with Crippen LogP contribution in [0.1, 0.15) is 6.92 Å². The number of allylic oxidation sites excluding steroid dienone is 2. The number of aliphatic carboxylic acids is 2. The van der Waals surface area contributed by atoms with Crippen LogP contribution in [0.3, 0.4) is 0 Å². The fourth-order valence-corrected chi connectivity index (χ4v) is 1.59. The summed E-state index contributed by atoms with van der Waals surface area (Å²) in [5.41, 5.74) is -2.43. The molecule has 0 aromatic carbocycles. The minimum Gasteiger partial charge on any atom is -0.481 e. The lowest BCUT2D eigenvalue weighted by molar-refractivity contribution is -0.434. The molecule has 16 heavy (non-hydrogen) atoms. The van der Waals surface area contributed by atoms with Crippen LogP contribution in [0, 0.1) is 21.4 Å². The molecule has 0 radical (unpaired) electrons. The summed E-state index contributed by atoms with van der Waals surface area (Å²) in [6.07, 6.45) is 3.33. The van der Waals surface area contributed by atoms with E-state index in [9.17, 15) is 19.7 Å². The summed E-state index contributed by atoms with van der Waals surface area (Å²) in [6.45, 7) is 1.14. The highest BCUT2D eigenvalue weighted by Crippen LogP contribution is 2.38. The smallest absolute Gasteiger partial charge is 0.318 e. The van der Waals surface area contributed by atoms with Crippen molar-refractivity contribution in [1.29, 1.82) is 0 Å². The maximum Gasteiger partial charge on any atom is 0.318 e. The lowest BCUT2D eigenvalue weighted by atomic mass is 9.72. The number of carbonyl (C=O) groups is 2. The first-order valence-electron chi connectivity index (χ1n) is 4.30. The Morgan fingerprint density at radius 1 is 1.50 bits per heavy atom. The van der Waals surface area contributed by atoms with Gasteiger partial charge in [0, 0.05) is 6.08 Å². The van der Waals surface area contributed by atoms with Crippen LogP contribution in [0.5, 0.6) is 0 Å². The summed E-state index contributed by atoms with van der Waals surface area (Å²) in [6, 6.07) is 0. The summed E-state index contributed by atoms with van der Waals surface area (Å²) in [4.78, 5) is 31.7. The van der Waals surface area contributed by atoms with Crippen molar-refractivity contribution in [3.8, 4) is 0 Å². The second-order valence-corrected chi connectivity index (χ2v) is 3.57. The van der Waals surface area contributed by atoms with Crippen molar-refractivity contribution in [2.24, 2.45) is 11.3 Å². The molecule has 1 aliphatic rings. The highest BCUT2D eigenvalue weighted by molar-refractivity contribution is 5.87. The van der Waals surface area contributed by atoms with Crippen molar-refractivity contribution < 1.29 is 24.7 Å². The molecular weight excluding hydrogens is 218 g/mol. The van der Waals surface area contributed by atoms with Gasteiger partial charge in [-0.3, -0.25) is 19.7 Å². The van der Waals surface area contributed by atoms with Crippen LogP contribution in [0.2, 0.25) is 0 Å². The van der Waals surface area contributed by atoms with Crippen LogP contribution in [0.15, 0.2) is 23.9 Å². The standard InChI is InChI=1S/C9H9NO6/c1-9(8(13)14)4-2-3-5(10(15)16)6(9)7(11)12/h2-4,6H,1H3,(H,11,12)(H,13,14)/t6-,9+/m1/s1. The Labute approximate surface area is 89.8 Å². The molecule has 0 spiro atoms. The monoisotopic (exact) mass is 227 g/mol. The van der Waals surface area contributed by atoms with Crippen molar-refractivity contribution in [3.05, 3.63) is 34.0 Å². The first kappa shape index (κ1) is 11.9. The fraction of sp³-hybridized carbons (Fsp3) is 0.333. The molecule has 0 saturated heterocycles. The van der Waals surface area contributed by atoms with E-state index in [1.54, 1.807) is 0 Å². The van der Waals surface area contributed by atoms with Gasteiger partial charge in [0.1, 0.15) is 5.41 Å². The Bertz CT molecular complexity index is 424. The van der Waals surface area contributed by atoms with Gasteiger partial charge in [0.2, 0.25) is 0 Å². The average Bonchev–Trinajstić information content (AvgIpc) is 2.16. The normalized spacial score (nSPS) is 28.3. The molecule has 0 aromatic rings. The van der Waals surface area contributed by atoms with E-state index in [1.807, 2.05) is 0 Å². The van der Waals surface area contributed by atoms with Gasteiger partial charge in [-0.1, -0.05) is 12.2 Å². The lowest BCUT2D eigenvalue weighted by Gasteiger charge is -2.27. The van der Waals surface area contributed by atoms with Crippen molar-refractivity contribution in [2.75, 3.05) is 0 Å². The molecule has 7 nitrogen and oxygen atoms in total. The lowest BCUT2D eigenvalue weighted by Crippen LogP contribution is -2.42. The second-order valence-electron chi connectivity index (χ2n) is 3.57. The van der Waals surface area contributed by atoms with Gasteiger partial charge in [0.05, 0.1) is 4.92 Å². The number of hydrogen-bond donors (Lipinski definition) is 2. The average molecular weight is 227 g/mol. The zero-order valence-corrected chi connectivity index (χ0v) is 8.28. The largest absolute Gasteiger partial charge is 0.481 e. The predicted molar refractivity (Wildman–Crippen MR) is 51.1 cm³/mol. The minimum absolute atomic E-state index is 0.625. The third-order valence-corrected chi connectivity index (χ3v) is 2.52. The van der Waals surface area contributed by atoms with Crippen LogP contribution in [-0.4, -0.2) is 27.1 Å². The predicted octanol–water partition coefficient (Wildman–Crippen LogP) is 0.508. The van der Waals surface area contributed by atoms with Gasteiger partial charge in [-0.15, -0.1) is 0 Å². The number of nitrogens with zero attached hydrogens (tertiary/aromatic N) is 1. The SMILES string of the molecule is C[C@]1(C(=O)O)C=CC=C([N+](=O)[O-])[C@@H]1C(=O)O. The Kier molecular flexibility index (Phi) is 2.80. The molecule has 0 unspecified atom stereocenters. The van der Waals surface area contributed by atoms with E-state index in [-0.39, 0.29) is 0 Å². The molecule has 2 N–H and O–H groups in total. The first-order valence-corrected chi connectivity index (χ1v) is 4.30. The fourth-order valence-electron chi connectivity index (χ4n) is 1.59. The quantitative estimate of drug-likeness (QED) is 0.535. The molecule has 0 fully saturated rings. The number of nitro groups is 1. The topological polar surface area (TPSA) is 118 Å². The Balaban J connectivity index is 3.32. The molecule has 0 heterocycles. The zero-order chi connectivity index (χ0) is 12.5. The van der Waals surface area contributed by atoms with E-state index in [4.69, 9.17) is 10.2 Å². The molecule has 86 valence electrons. The molecule has 0 bridgehead atoms. The van der Waals surface area contributed by atoms with Crippen LogP contribution >= 0.6 is 0 Å². The van der Waals surface area contributed by atoms with Crippen molar-refractivity contribution in [3.63, 3.8) is 0 Å². The summed E-state index contributed by atoms with van der Waals surface area (Å²) >= 11 is 0. The van der Waals surface area contributed by atoms with E-state index in [2.05, 4.69) is 0 Å². The Morgan fingerprint density at radius 2 is 2.06 bits per heavy atom. The molecule has 7 heteroatoms. The third-order valence-electron chi connectivity index (χ3n) is 2.52. The maximum absolute atomic E-state index is 11.0. The van der Waals surface area contributed by atoms with Crippen molar-refractivity contribution >= 4 is 11.9 Å². The summed E-state index contributed by atoms with van der Waals surface area (Å²) < 4.78 is 0. The number of carboxylic acid groups (broad SMARTS) is 2. The molecular formula is C9H9NO6. The minimum atomic E-state index is -1.80. The van der Waals surface area contributed by atoms with Gasteiger partial charge in [-0.2, -0.15) is 0 Å². The molecule has 0 amide bonds. The highest BCUT2D eigenvalue weighted by Gasteiger charge is 2.52. The van der Waals surface area contributed by atoms with Crippen LogP contribution < -0.4 is 0 Å². The van der Waals surface area contributed by atoms with E-state index in [1.165, 1.54) is 6.08 Å². The van der Waals surface area contributed by atoms with E-state index in [0.29, 0.717) is 0 Å². The van der Waals surface area contributed by atoms with Crippen molar-refractivity contribution in [2.45, 2.75) is 6.92 Å². The van der Waals surface area contributed by atoms with E-state index in [0.717, 1.165) is 19.1 Å². The highest BCUT2D eigenvalue weighted by atomic mass is 16.6. The van der Waals surface area contributed by atoms with E-state index >= 15 is 0 Å². The zero-order valence-electron chi connectivity index (χ0n) is 8.28. The summed E-state index contributed by atoms with van der Waals surface area (Å²) in [5.74, 6) is -4.63. The first-order chi connectivity index (χ1) is 7.30. The third kappa shape index (κ3) is 1.67. The van der Waals surface area contributed by atoms with Gasteiger partial charge >= 0.3 is 11.9 Å². The maximum atomic E-state index is 11.0. The van der Waals surface area contributed by atoms with Crippen molar-refractivity contribution in [1.82, 2.24) is 0 Å². The van der Waals surface area contributed by atoms with Crippen LogP contribution in [0.4, 0.5) is 0 Å². The number of hydrogen-bond acceptors (Lipinski definition) is 4. The van der Waals surface area contributed by atoms with Crippen LogP contribution in [-0.2, 0) is 9.59 Å². The van der Waals surface area contributed by atoms with Gasteiger partial charge in [-0.05, 0) is 6.92 Å². The van der Waals surface area contributed by atoms with Gasteiger partial charge in [-0.25, -0.2) is 0 Å². The van der Waals surface area contributed by atoms with Gasteiger partial charge in [0.25, 0.3) is 5.70 Å². The number of carboxylic acids is 2. The van der Waals surface area contributed by atoms with E-state index < -0.39 is 33.9 Å². The molecule has 1 rings (SSSR count).